The molecule has 1 fully saturated rings. The summed E-state index contributed by atoms with van der Waals surface area (Å²) in [6.45, 7) is 0.315. The van der Waals surface area contributed by atoms with Crippen molar-refractivity contribution in [2.75, 3.05) is 13.1 Å². The van der Waals surface area contributed by atoms with E-state index in [9.17, 15) is 17.6 Å². The molecule has 0 aliphatic carbocycles. The third kappa shape index (κ3) is 3.25. The number of nitrogens with zero attached hydrogens (tertiary/aromatic N) is 1. The van der Waals surface area contributed by atoms with Crippen LogP contribution in [-0.4, -0.2) is 37.6 Å². The Morgan fingerprint density at radius 2 is 1.61 bits per heavy atom. The van der Waals surface area contributed by atoms with Crippen LogP contribution in [0.3, 0.4) is 0 Å². The molecule has 0 saturated carbocycles. The monoisotopic (exact) mass is 445 g/mol. The van der Waals surface area contributed by atoms with Crippen LogP contribution in [-0.2, 0) is 9.84 Å². The zero-order valence-electron chi connectivity index (χ0n) is 11.9. The predicted octanol–water partition coefficient (Wildman–Crippen LogP) is 2.73. The zero-order valence-corrected chi connectivity index (χ0v) is 14.9. The topological polar surface area (TPSA) is 54.5 Å². The summed E-state index contributed by atoms with van der Waals surface area (Å²) in [5.41, 5.74) is 0.544. The molecule has 23 heavy (non-hydrogen) atoms. The average Bonchev–Trinajstić information content (AvgIpc) is 2.46. The van der Waals surface area contributed by atoms with E-state index in [0.29, 0.717) is 5.56 Å². The van der Waals surface area contributed by atoms with Crippen LogP contribution < -0.4 is 0 Å². The molecular formula is C16H13FINO3S. The first kappa shape index (κ1) is 16.4. The molecule has 0 aromatic heterocycles. The molecule has 120 valence electrons. The molecule has 1 saturated heterocycles. The number of sulfone groups is 1. The van der Waals surface area contributed by atoms with Crippen molar-refractivity contribution in [1.82, 2.24) is 4.90 Å². The van der Waals surface area contributed by atoms with Gasteiger partial charge in [0.05, 0.1) is 4.90 Å². The minimum atomic E-state index is -3.54. The fraction of sp³-hybridized carbons (Fsp3) is 0.188. The molecule has 1 aliphatic rings. The van der Waals surface area contributed by atoms with Crippen molar-refractivity contribution in [3.63, 3.8) is 0 Å². The molecule has 3 rings (SSSR count). The number of carbonyl (C=O) groups excluding carboxylic acids is 1. The zero-order chi connectivity index (χ0) is 16.6. The molecule has 0 spiro atoms. The van der Waals surface area contributed by atoms with Crippen LogP contribution in [0.5, 0.6) is 0 Å². The van der Waals surface area contributed by atoms with Crippen molar-refractivity contribution in [1.29, 1.82) is 0 Å². The molecule has 0 bridgehead atoms. The van der Waals surface area contributed by atoms with Crippen LogP contribution in [0.2, 0.25) is 0 Å². The summed E-state index contributed by atoms with van der Waals surface area (Å²) in [5.74, 6) is -0.653. The van der Waals surface area contributed by atoms with Crippen LogP contribution >= 0.6 is 22.6 Å². The molecule has 0 radical (unpaired) electrons. The van der Waals surface area contributed by atoms with E-state index in [2.05, 4.69) is 22.6 Å². The van der Waals surface area contributed by atoms with Gasteiger partial charge in [0.15, 0.2) is 9.84 Å². The Bertz CT molecular complexity index is 829. The van der Waals surface area contributed by atoms with Crippen LogP contribution in [0.25, 0.3) is 0 Å². The molecule has 2 aromatic carbocycles. The van der Waals surface area contributed by atoms with Gasteiger partial charge >= 0.3 is 0 Å². The average molecular weight is 445 g/mol. The first-order valence-corrected chi connectivity index (χ1v) is 9.55. The van der Waals surface area contributed by atoms with E-state index >= 15 is 0 Å². The van der Waals surface area contributed by atoms with Gasteiger partial charge in [-0.1, -0.05) is 0 Å². The van der Waals surface area contributed by atoms with E-state index < -0.39 is 20.9 Å². The van der Waals surface area contributed by atoms with Crippen molar-refractivity contribution >= 4 is 38.3 Å². The van der Waals surface area contributed by atoms with Gasteiger partial charge < -0.3 is 4.90 Å². The lowest BCUT2D eigenvalue weighted by Crippen LogP contribution is -2.56. The van der Waals surface area contributed by atoms with Gasteiger partial charge in [-0.2, -0.15) is 0 Å². The maximum absolute atomic E-state index is 12.9. The van der Waals surface area contributed by atoms with Crippen LogP contribution in [0.4, 0.5) is 4.39 Å². The SMILES string of the molecule is O=C(c1ccc(I)cc1)N1CC(S(=O)(=O)c2ccc(F)cc2)C1. The number of halogens is 2. The summed E-state index contributed by atoms with van der Waals surface area (Å²) in [6.07, 6.45) is 0. The van der Waals surface area contributed by atoms with Crippen LogP contribution in [0.15, 0.2) is 53.4 Å². The number of rotatable bonds is 3. The molecule has 1 heterocycles. The van der Waals surface area contributed by atoms with Gasteiger partial charge in [-0.05, 0) is 71.1 Å². The van der Waals surface area contributed by atoms with Gasteiger partial charge in [-0.25, -0.2) is 12.8 Å². The molecular weight excluding hydrogens is 432 g/mol. The Labute approximate surface area is 147 Å². The third-order valence-corrected chi connectivity index (χ3v) is 6.63. The molecule has 4 nitrogen and oxygen atoms in total. The Kier molecular flexibility index (Phi) is 4.41. The molecule has 0 N–H and O–H groups in total. The fourth-order valence-electron chi connectivity index (χ4n) is 2.39. The van der Waals surface area contributed by atoms with Gasteiger partial charge in [0.25, 0.3) is 5.91 Å². The first-order valence-electron chi connectivity index (χ1n) is 6.92. The Hall–Kier alpha value is -1.48. The van der Waals surface area contributed by atoms with E-state index in [1.807, 2.05) is 12.1 Å². The number of hydrogen-bond donors (Lipinski definition) is 0. The molecule has 2 aromatic rings. The van der Waals surface area contributed by atoms with Gasteiger partial charge in [0, 0.05) is 22.2 Å². The van der Waals surface area contributed by atoms with E-state index in [0.717, 1.165) is 15.7 Å². The maximum Gasteiger partial charge on any atom is 0.253 e. The number of carbonyl (C=O) groups is 1. The number of hydrogen-bond acceptors (Lipinski definition) is 3. The second-order valence-corrected chi connectivity index (χ2v) is 8.81. The summed E-state index contributed by atoms with van der Waals surface area (Å²) < 4.78 is 38.8. The largest absolute Gasteiger partial charge is 0.336 e. The van der Waals surface area contributed by atoms with Crippen molar-refractivity contribution in [2.45, 2.75) is 10.1 Å². The Morgan fingerprint density at radius 1 is 1.04 bits per heavy atom. The van der Waals surface area contributed by atoms with Crippen molar-refractivity contribution < 1.29 is 17.6 Å². The Balaban J connectivity index is 1.69. The summed E-state index contributed by atoms with van der Waals surface area (Å²) in [5, 5.41) is -0.638. The summed E-state index contributed by atoms with van der Waals surface area (Å²) >= 11 is 2.15. The van der Waals surface area contributed by atoms with Gasteiger partial charge in [-0.15, -0.1) is 0 Å². The summed E-state index contributed by atoms with van der Waals surface area (Å²) in [7, 11) is -3.54. The lowest BCUT2D eigenvalue weighted by molar-refractivity contribution is 0.0659. The normalized spacial score (nSPS) is 15.3. The van der Waals surface area contributed by atoms with E-state index in [1.54, 1.807) is 12.1 Å². The highest BCUT2D eigenvalue weighted by Crippen LogP contribution is 2.25. The highest BCUT2D eigenvalue weighted by atomic mass is 127. The standard InChI is InChI=1S/C16H13FINO3S/c17-12-3-7-14(8-4-12)23(21,22)15-9-19(10-15)16(20)11-1-5-13(18)6-2-11/h1-8,15H,9-10H2. The third-order valence-electron chi connectivity index (χ3n) is 3.81. The van der Waals surface area contributed by atoms with E-state index in [4.69, 9.17) is 0 Å². The molecule has 1 aliphatic heterocycles. The molecule has 7 heteroatoms. The van der Waals surface area contributed by atoms with Crippen LogP contribution in [0.1, 0.15) is 10.4 Å². The van der Waals surface area contributed by atoms with Crippen molar-refractivity contribution in [3.8, 4) is 0 Å². The smallest absolute Gasteiger partial charge is 0.253 e. The number of benzene rings is 2. The van der Waals surface area contributed by atoms with Gasteiger partial charge in [0.1, 0.15) is 11.1 Å². The quantitative estimate of drug-likeness (QED) is 0.540. The Morgan fingerprint density at radius 3 is 2.17 bits per heavy atom. The maximum atomic E-state index is 12.9. The van der Waals surface area contributed by atoms with Crippen molar-refractivity contribution in [3.05, 3.63) is 63.5 Å². The highest BCUT2D eigenvalue weighted by Gasteiger charge is 2.40. The summed E-state index contributed by atoms with van der Waals surface area (Å²) in [4.78, 5) is 13.9. The summed E-state index contributed by atoms with van der Waals surface area (Å²) in [6, 6.07) is 11.9. The van der Waals surface area contributed by atoms with E-state index in [1.165, 1.54) is 17.0 Å². The minimum Gasteiger partial charge on any atom is -0.336 e. The lowest BCUT2D eigenvalue weighted by atomic mass is 10.1. The predicted molar refractivity (Wildman–Crippen MR) is 92.4 cm³/mol. The number of amides is 1. The second kappa shape index (κ2) is 6.20. The van der Waals surface area contributed by atoms with Crippen LogP contribution in [0, 0.1) is 9.39 Å². The van der Waals surface area contributed by atoms with Crippen molar-refractivity contribution in [2.24, 2.45) is 0 Å². The molecule has 0 atom stereocenters. The fourth-order valence-corrected chi connectivity index (χ4v) is 4.40. The van der Waals surface area contributed by atoms with Gasteiger partial charge in [0.2, 0.25) is 0 Å². The molecule has 1 amide bonds. The van der Waals surface area contributed by atoms with Gasteiger partial charge in [-0.3, -0.25) is 4.79 Å². The number of likely N-dealkylation sites (tertiary alicyclic amines) is 1. The molecule has 0 unspecified atom stereocenters. The van der Waals surface area contributed by atoms with E-state index in [-0.39, 0.29) is 23.9 Å². The lowest BCUT2D eigenvalue weighted by Gasteiger charge is -2.38. The minimum absolute atomic E-state index is 0.0882. The second-order valence-electron chi connectivity index (χ2n) is 5.34. The first-order chi connectivity index (χ1) is 10.9. The highest BCUT2D eigenvalue weighted by molar-refractivity contribution is 14.1.